The third kappa shape index (κ3) is 6.24. The molecule has 0 spiro atoms. The Hall–Kier alpha value is -3.55. The van der Waals surface area contributed by atoms with Crippen LogP contribution in [0.2, 0.25) is 0 Å². The van der Waals surface area contributed by atoms with Crippen LogP contribution in [0.1, 0.15) is 46.8 Å². The van der Waals surface area contributed by atoms with Crippen LogP contribution in [0.3, 0.4) is 0 Å². The second kappa shape index (κ2) is 12.1. The second-order valence-electron chi connectivity index (χ2n) is 9.90. The van der Waals surface area contributed by atoms with E-state index in [4.69, 9.17) is 4.98 Å². The minimum absolute atomic E-state index is 0.0975. The molecule has 192 valence electrons. The van der Waals surface area contributed by atoms with Crippen LogP contribution >= 0.6 is 0 Å². The number of pyridine rings is 2. The Kier molecular flexibility index (Phi) is 8.23. The lowest BCUT2D eigenvalue weighted by Gasteiger charge is -2.41. The number of aryl methyl sites for hydroxylation is 1. The number of amides is 1. The molecule has 1 aliphatic heterocycles. The fraction of sp³-hybridized carbons (Fsp3) is 0.367. The molecule has 2 atom stereocenters. The lowest BCUT2D eigenvalue weighted by molar-refractivity contribution is 0.0837. The van der Waals surface area contributed by atoms with Crippen molar-refractivity contribution in [2.45, 2.75) is 50.9 Å². The van der Waals surface area contributed by atoms with Crippen molar-refractivity contribution < 1.29 is 9.90 Å². The number of aromatic nitrogens is 2. The average molecular weight is 498 g/mol. The van der Waals surface area contributed by atoms with Crippen molar-refractivity contribution in [3.8, 4) is 0 Å². The van der Waals surface area contributed by atoms with Crippen LogP contribution in [0.25, 0.3) is 0 Å². The molecule has 0 radical (unpaired) electrons. The maximum absolute atomic E-state index is 12.2. The zero-order chi connectivity index (χ0) is 25.5. The highest BCUT2D eigenvalue weighted by Gasteiger charge is 2.34. The Morgan fingerprint density at radius 3 is 2.70 bits per heavy atom. The number of hydrogen-bond donors (Lipinski definition) is 2. The summed E-state index contributed by atoms with van der Waals surface area (Å²) in [4.78, 5) is 25.2. The zero-order valence-electron chi connectivity index (χ0n) is 21.2. The Morgan fingerprint density at radius 1 is 1.05 bits per heavy atom. The predicted molar refractivity (Wildman–Crippen MR) is 144 cm³/mol. The number of carboxylic acid groups (broad SMARTS) is 1. The molecule has 7 nitrogen and oxygen atoms in total. The Morgan fingerprint density at radius 2 is 1.86 bits per heavy atom. The molecule has 2 aromatic heterocycles. The summed E-state index contributed by atoms with van der Waals surface area (Å²) in [5.74, 6) is 0. The van der Waals surface area contributed by atoms with Gasteiger partial charge in [-0.2, -0.15) is 0 Å². The van der Waals surface area contributed by atoms with Gasteiger partial charge in [-0.05, 0) is 66.1 Å². The van der Waals surface area contributed by atoms with Crippen LogP contribution in [-0.4, -0.2) is 56.6 Å². The first-order chi connectivity index (χ1) is 18.2. The van der Waals surface area contributed by atoms with Gasteiger partial charge < -0.3 is 10.4 Å². The first kappa shape index (κ1) is 25.1. The molecule has 3 aromatic rings. The van der Waals surface area contributed by atoms with E-state index in [1.807, 2.05) is 55.0 Å². The largest absolute Gasteiger partial charge is 0.465 e. The molecular formula is C30H35N5O2. The van der Waals surface area contributed by atoms with Crippen molar-refractivity contribution in [2.75, 3.05) is 19.6 Å². The van der Waals surface area contributed by atoms with Crippen LogP contribution in [0.5, 0.6) is 0 Å². The number of benzene rings is 1. The van der Waals surface area contributed by atoms with Crippen molar-refractivity contribution in [1.82, 2.24) is 25.1 Å². The van der Waals surface area contributed by atoms with Gasteiger partial charge in [0.05, 0.1) is 17.8 Å². The Labute approximate surface area is 218 Å². The van der Waals surface area contributed by atoms with Crippen molar-refractivity contribution >= 4 is 6.09 Å². The maximum Gasteiger partial charge on any atom is 0.407 e. The number of rotatable bonds is 9. The summed E-state index contributed by atoms with van der Waals surface area (Å²) in [6, 6.07) is 16.5. The van der Waals surface area contributed by atoms with E-state index >= 15 is 0 Å². The highest BCUT2D eigenvalue weighted by atomic mass is 16.4. The summed E-state index contributed by atoms with van der Waals surface area (Å²) in [7, 11) is 0. The maximum atomic E-state index is 12.2. The van der Waals surface area contributed by atoms with Gasteiger partial charge in [0.25, 0.3) is 0 Å². The van der Waals surface area contributed by atoms with Gasteiger partial charge in [0, 0.05) is 51.3 Å². The van der Waals surface area contributed by atoms with Gasteiger partial charge in [0.15, 0.2) is 0 Å². The van der Waals surface area contributed by atoms with Crippen LogP contribution in [0, 0.1) is 0 Å². The van der Waals surface area contributed by atoms with Crippen molar-refractivity contribution in [3.63, 3.8) is 0 Å². The van der Waals surface area contributed by atoms with Gasteiger partial charge in [-0.1, -0.05) is 42.5 Å². The fourth-order valence-electron chi connectivity index (χ4n) is 5.61. The zero-order valence-corrected chi connectivity index (χ0v) is 21.2. The Bertz CT molecular complexity index is 1220. The minimum Gasteiger partial charge on any atom is -0.465 e. The lowest BCUT2D eigenvalue weighted by atomic mass is 9.89. The topological polar surface area (TPSA) is 81.6 Å². The highest BCUT2D eigenvalue weighted by Crippen LogP contribution is 2.34. The molecule has 3 heterocycles. The van der Waals surface area contributed by atoms with Gasteiger partial charge in [-0.15, -0.1) is 0 Å². The third-order valence-electron chi connectivity index (χ3n) is 7.50. The number of fused-ring (bicyclic) bond motifs is 2. The summed E-state index contributed by atoms with van der Waals surface area (Å²) in [5.41, 5.74) is 6.04. The lowest BCUT2D eigenvalue weighted by Crippen LogP contribution is -2.50. The third-order valence-corrected chi connectivity index (χ3v) is 7.50. The Balaban J connectivity index is 1.31. The van der Waals surface area contributed by atoms with Gasteiger partial charge in [0.2, 0.25) is 0 Å². The fourth-order valence-corrected chi connectivity index (χ4v) is 5.61. The molecule has 1 amide bonds. The van der Waals surface area contributed by atoms with E-state index in [0.29, 0.717) is 13.1 Å². The molecule has 2 N–H and O–H groups in total. The monoisotopic (exact) mass is 497 g/mol. The molecule has 7 heteroatoms. The van der Waals surface area contributed by atoms with Gasteiger partial charge in [0.1, 0.15) is 0 Å². The molecule has 5 rings (SSSR count). The van der Waals surface area contributed by atoms with Crippen molar-refractivity contribution in [2.24, 2.45) is 0 Å². The van der Waals surface area contributed by atoms with Crippen LogP contribution in [0.15, 0.2) is 79.3 Å². The van der Waals surface area contributed by atoms with E-state index < -0.39 is 6.09 Å². The van der Waals surface area contributed by atoms with Crippen LogP contribution < -0.4 is 5.32 Å². The summed E-state index contributed by atoms with van der Waals surface area (Å²) >= 11 is 0. The summed E-state index contributed by atoms with van der Waals surface area (Å²) in [5, 5.41) is 13.5. The van der Waals surface area contributed by atoms with Gasteiger partial charge >= 0.3 is 6.09 Å². The molecule has 1 aliphatic carbocycles. The second-order valence-corrected chi connectivity index (χ2v) is 9.90. The standard InChI is InChI=1S/C30H35N5O2/c36-30(37)35-21-26-8-2-1-7-25(26)19-27(35)22-34(28-11-5-9-24-10-6-15-33-29(24)28)18-4-3-14-32-20-23-12-16-31-17-13-23/h1-4,6-8,10,12-13,15-17,27-28,32H,5,9,11,14,18-22H2,(H,36,37)/b4-3+/t27-,28+/m1/s1. The SMILES string of the molecule is O=C(O)N1Cc2ccccc2C[C@@H]1CN(C/C=C/CNCc1ccncc1)[C@H]1CCCc2cccnc21. The summed E-state index contributed by atoms with van der Waals surface area (Å²) in [6.07, 6.45) is 13.0. The molecule has 0 saturated carbocycles. The van der Waals surface area contributed by atoms with E-state index in [1.54, 1.807) is 4.90 Å². The van der Waals surface area contributed by atoms with E-state index in [1.165, 1.54) is 16.7 Å². The molecule has 1 aromatic carbocycles. The van der Waals surface area contributed by atoms with E-state index in [0.717, 1.165) is 56.6 Å². The quantitative estimate of drug-likeness (QED) is 0.332. The van der Waals surface area contributed by atoms with Gasteiger partial charge in [-0.25, -0.2) is 4.79 Å². The van der Waals surface area contributed by atoms with Crippen molar-refractivity contribution in [1.29, 1.82) is 0 Å². The summed E-state index contributed by atoms with van der Waals surface area (Å²) < 4.78 is 0. The molecule has 0 saturated heterocycles. The minimum atomic E-state index is -0.850. The highest BCUT2D eigenvalue weighted by molar-refractivity contribution is 5.66. The molecule has 0 unspecified atom stereocenters. The normalized spacial score (nSPS) is 19.1. The number of nitrogens with one attached hydrogen (secondary N) is 1. The number of carbonyl (C=O) groups is 1. The molecule has 37 heavy (non-hydrogen) atoms. The smallest absolute Gasteiger partial charge is 0.407 e. The summed E-state index contributed by atoms with van der Waals surface area (Å²) in [6.45, 7) is 3.44. The van der Waals surface area contributed by atoms with Crippen molar-refractivity contribution in [3.05, 3.63) is 107 Å². The van der Waals surface area contributed by atoms with E-state index in [-0.39, 0.29) is 12.1 Å². The number of nitrogens with zero attached hydrogens (tertiary/aromatic N) is 4. The van der Waals surface area contributed by atoms with E-state index in [9.17, 15) is 9.90 Å². The van der Waals surface area contributed by atoms with Crippen LogP contribution in [0.4, 0.5) is 4.79 Å². The first-order valence-electron chi connectivity index (χ1n) is 13.2. The molecule has 0 fully saturated rings. The molecular weight excluding hydrogens is 462 g/mol. The van der Waals surface area contributed by atoms with Gasteiger partial charge in [-0.3, -0.25) is 19.8 Å². The first-order valence-corrected chi connectivity index (χ1v) is 13.2. The number of hydrogen-bond acceptors (Lipinski definition) is 5. The molecule has 2 aliphatic rings. The average Bonchev–Trinajstić information content (AvgIpc) is 2.94. The molecule has 0 bridgehead atoms. The van der Waals surface area contributed by atoms with Crippen LogP contribution in [-0.2, 0) is 25.9 Å². The van der Waals surface area contributed by atoms with E-state index in [2.05, 4.69) is 39.5 Å². The predicted octanol–water partition coefficient (Wildman–Crippen LogP) is 4.61.